The zero-order valence-corrected chi connectivity index (χ0v) is 14.7. The lowest BCUT2D eigenvalue weighted by Crippen LogP contribution is -2.35. The van der Waals surface area contributed by atoms with Crippen molar-refractivity contribution in [1.82, 2.24) is 4.98 Å². The number of nitrogens with zero attached hydrogens (tertiary/aromatic N) is 2. The lowest BCUT2D eigenvalue weighted by molar-refractivity contribution is 0.0211. The molecule has 2 heterocycles. The van der Waals surface area contributed by atoms with Crippen LogP contribution in [-0.2, 0) is 6.42 Å². The number of aliphatic hydroxyl groups excluding tert-OH is 2. The van der Waals surface area contributed by atoms with E-state index in [9.17, 15) is 15.0 Å². The van der Waals surface area contributed by atoms with Gasteiger partial charge in [0.25, 0.3) is 5.91 Å². The topological polar surface area (TPSA) is 85.7 Å². The van der Waals surface area contributed by atoms with Gasteiger partial charge < -0.3 is 20.4 Å². The van der Waals surface area contributed by atoms with E-state index in [-0.39, 0.29) is 17.9 Å². The van der Waals surface area contributed by atoms with E-state index in [1.54, 1.807) is 23.2 Å². The molecule has 1 aliphatic carbocycles. The van der Waals surface area contributed by atoms with Crippen LogP contribution in [0.2, 0.25) is 0 Å². The number of hydrogen-bond donors (Lipinski definition) is 3. The van der Waals surface area contributed by atoms with Gasteiger partial charge in [0.1, 0.15) is 11.8 Å². The van der Waals surface area contributed by atoms with E-state index in [0.717, 1.165) is 17.8 Å². The van der Waals surface area contributed by atoms with Gasteiger partial charge in [0, 0.05) is 24.1 Å². The maximum Gasteiger partial charge on any atom is 0.276 e. The number of amides is 1. The number of nitrogens with one attached hydrogen (secondary N) is 1. The van der Waals surface area contributed by atoms with Crippen LogP contribution < -0.4 is 10.2 Å². The first-order valence-corrected chi connectivity index (χ1v) is 9.03. The number of hydrogen-bond acceptors (Lipinski definition) is 5. The fourth-order valence-corrected chi connectivity index (χ4v) is 3.94. The van der Waals surface area contributed by atoms with Crippen molar-refractivity contribution < 1.29 is 15.0 Å². The van der Waals surface area contributed by atoms with Crippen LogP contribution in [0.1, 0.15) is 29.4 Å². The number of benzene rings is 1. The zero-order chi connectivity index (χ0) is 18.3. The summed E-state index contributed by atoms with van der Waals surface area (Å²) in [6.45, 7) is 2.57. The SMILES string of the molecule is C[C@@H]1C[C@@H](Nc2ccnc(C(=O)N3CCc4ccccc43)c2)[C@H](O)[C@@H]1O. The first kappa shape index (κ1) is 17.0. The van der Waals surface area contributed by atoms with Crippen LogP contribution >= 0.6 is 0 Å². The van der Waals surface area contributed by atoms with Gasteiger partial charge in [0.15, 0.2) is 0 Å². The van der Waals surface area contributed by atoms with E-state index in [1.165, 1.54) is 5.56 Å². The summed E-state index contributed by atoms with van der Waals surface area (Å²) < 4.78 is 0. The number of aliphatic hydroxyl groups is 2. The zero-order valence-electron chi connectivity index (χ0n) is 14.7. The van der Waals surface area contributed by atoms with Gasteiger partial charge in [-0.3, -0.25) is 9.78 Å². The van der Waals surface area contributed by atoms with Crippen molar-refractivity contribution in [3.8, 4) is 0 Å². The lowest BCUT2D eigenvalue weighted by atomic mass is 10.1. The Kier molecular flexibility index (Phi) is 4.38. The van der Waals surface area contributed by atoms with E-state index >= 15 is 0 Å². The van der Waals surface area contributed by atoms with Crippen molar-refractivity contribution >= 4 is 17.3 Å². The minimum atomic E-state index is -0.817. The molecule has 0 saturated heterocycles. The number of rotatable bonds is 3. The van der Waals surface area contributed by atoms with Crippen molar-refractivity contribution in [2.45, 2.75) is 38.0 Å². The first-order chi connectivity index (χ1) is 12.5. The molecule has 2 aromatic rings. The van der Waals surface area contributed by atoms with Crippen LogP contribution in [0.15, 0.2) is 42.6 Å². The molecule has 26 heavy (non-hydrogen) atoms. The van der Waals surface area contributed by atoms with Crippen LogP contribution in [-0.4, -0.2) is 45.9 Å². The maximum atomic E-state index is 12.9. The highest BCUT2D eigenvalue weighted by molar-refractivity contribution is 6.06. The second-order valence-corrected chi connectivity index (χ2v) is 7.21. The molecule has 1 aliphatic heterocycles. The normalized spacial score (nSPS) is 27.4. The van der Waals surface area contributed by atoms with E-state index in [0.29, 0.717) is 18.7 Å². The summed E-state index contributed by atoms with van der Waals surface area (Å²) in [5, 5.41) is 23.3. The highest BCUT2D eigenvalue weighted by Gasteiger charge is 2.39. The summed E-state index contributed by atoms with van der Waals surface area (Å²) in [6, 6.07) is 11.2. The Bertz CT molecular complexity index is 825. The van der Waals surface area contributed by atoms with Gasteiger partial charge in [-0.05, 0) is 42.5 Å². The van der Waals surface area contributed by atoms with Gasteiger partial charge in [-0.15, -0.1) is 0 Å². The molecule has 4 atom stereocenters. The maximum absolute atomic E-state index is 12.9. The second-order valence-electron chi connectivity index (χ2n) is 7.21. The lowest BCUT2D eigenvalue weighted by Gasteiger charge is -2.20. The number of anilines is 2. The Morgan fingerprint density at radius 2 is 2.04 bits per heavy atom. The van der Waals surface area contributed by atoms with Crippen molar-refractivity contribution in [3.05, 3.63) is 53.9 Å². The van der Waals surface area contributed by atoms with Gasteiger partial charge >= 0.3 is 0 Å². The average Bonchev–Trinajstić information content (AvgIpc) is 3.19. The standard InChI is InChI=1S/C20H23N3O3/c1-12-10-15(19(25)18(12)24)22-14-6-8-21-16(11-14)20(26)23-9-7-13-4-2-3-5-17(13)23/h2-6,8,11-12,15,18-19,24-25H,7,9-10H2,1H3,(H,21,22)/t12-,15-,18-,19+/m1/s1. The van der Waals surface area contributed by atoms with Gasteiger partial charge in [-0.25, -0.2) is 0 Å². The summed E-state index contributed by atoms with van der Waals surface area (Å²) in [5.74, 6) is -0.0921. The largest absolute Gasteiger partial charge is 0.390 e. The summed E-state index contributed by atoms with van der Waals surface area (Å²) >= 11 is 0. The van der Waals surface area contributed by atoms with Crippen molar-refractivity contribution in [1.29, 1.82) is 0 Å². The molecule has 0 bridgehead atoms. The summed E-state index contributed by atoms with van der Waals surface area (Å²) in [5.41, 5.74) is 3.21. The number of carbonyl (C=O) groups excluding carboxylic acids is 1. The number of fused-ring (bicyclic) bond motifs is 1. The average molecular weight is 353 g/mol. The number of aromatic nitrogens is 1. The number of para-hydroxylation sites is 1. The molecule has 2 aliphatic rings. The van der Waals surface area contributed by atoms with E-state index in [2.05, 4.69) is 10.3 Å². The quantitative estimate of drug-likeness (QED) is 0.784. The molecule has 136 valence electrons. The third kappa shape index (κ3) is 2.95. The molecule has 1 aromatic heterocycles. The van der Waals surface area contributed by atoms with Crippen molar-refractivity contribution in [3.63, 3.8) is 0 Å². The third-order valence-electron chi connectivity index (χ3n) is 5.43. The minimum Gasteiger partial charge on any atom is -0.390 e. The Balaban J connectivity index is 1.52. The molecule has 1 amide bonds. The minimum absolute atomic E-state index is 0.0338. The third-order valence-corrected chi connectivity index (χ3v) is 5.43. The van der Waals surface area contributed by atoms with Crippen LogP contribution in [0.25, 0.3) is 0 Å². The molecule has 1 aromatic carbocycles. The van der Waals surface area contributed by atoms with Crippen LogP contribution in [0.4, 0.5) is 11.4 Å². The molecule has 6 heteroatoms. The number of pyridine rings is 1. The van der Waals surface area contributed by atoms with Crippen molar-refractivity contribution in [2.75, 3.05) is 16.8 Å². The molecular weight excluding hydrogens is 330 g/mol. The second kappa shape index (κ2) is 6.70. The summed E-state index contributed by atoms with van der Waals surface area (Å²) in [7, 11) is 0. The number of carbonyl (C=O) groups is 1. The highest BCUT2D eigenvalue weighted by Crippen LogP contribution is 2.30. The van der Waals surface area contributed by atoms with Crippen LogP contribution in [0.5, 0.6) is 0 Å². The molecule has 0 spiro atoms. The fourth-order valence-electron chi connectivity index (χ4n) is 3.94. The van der Waals surface area contributed by atoms with E-state index in [4.69, 9.17) is 0 Å². The smallest absolute Gasteiger partial charge is 0.276 e. The highest BCUT2D eigenvalue weighted by atomic mass is 16.3. The molecule has 3 N–H and O–H groups in total. The Morgan fingerprint density at radius 3 is 2.81 bits per heavy atom. The summed E-state index contributed by atoms with van der Waals surface area (Å²) in [6.07, 6.45) is 1.58. The van der Waals surface area contributed by atoms with Gasteiger partial charge in [0.2, 0.25) is 0 Å². The predicted molar refractivity (Wildman–Crippen MR) is 99.3 cm³/mol. The van der Waals surface area contributed by atoms with Gasteiger partial charge in [-0.2, -0.15) is 0 Å². The van der Waals surface area contributed by atoms with E-state index in [1.807, 2.05) is 31.2 Å². The van der Waals surface area contributed by atoms with Gasteiger partial charge in [-0.1, -0.05) is 25.1 Å². The Morgan fingerprint density at radius 1 is 1.23 bits per heavy atom. The molecule has 1 fully saturated rings. The summed E-state index contributed by atoms with van der Waals surface area (Å²) in [4.78, 5) is 18.9. The Labute approximate surface area is 152 Å². The molecule has 0 unspecified atom stereocenters. The Hall–Kier alpha value is -2.44. The monoisotopic (exact) mass is 353 g/mol. The molecular formula is C20H23N3O3. The fraction of sp³-hybridized carbons (Fsp3) is 0.400. The molecule has 6 nitrogen and oxygen atoms in total. The first-order valence-electron chi connectivity index (χ1n) is 9.03. The van der Waals surface area contributed by atoms with Crippen LogP contribution in [0, 0.1) is 5.92 Å². The molecule has 4 rings (SSSR count). The molecule has 0 radical (unpaired) electrons. The predicted octanol–water partition coefficient (Wildman–Crippen LogP) is 1.83. The van der Waals surface area contributed by atoms with E-state index < -0.39 is 12.2 Å². The van der Waals surface area contributed by atoms with Crippen molar-refractivity contribution in [2.24, 2.45) is 5.92 Å². The van der Waals surface area contributed by atoms with Gasteiger partial charge in [0.05, 0.1) is 12.1 Å². The van der Waals surface area contributed by atoms with Crippen LogP contribution in [0.3, 0.4) is 0 Å². The molecule has 1 saturated carbocycles.